The predicted molar refractivity (Wildman–Crippen MR) is 399 cm³/mol. The third kappa shape index (κ3) is 9.69. The van der Waals surface area contributed by atoms with E-state index in [1.807, 2.05) is 13.8 Å². The van der Waals surface area contributed by atoms with Crippen molar-refractivity contribution in [2.24, 2.45) is 0 Å². The van der Waals surface area contributed by atoms with Crippen LogP contribution < -0.4 is 0 Å². The molecular formula is C94H82. The highest BCUT2D eigenvalue weighted by Gasteiger charge is 2.46. The number of rotatable bonds is 11. The summed E-state index contributed by atoms with van der Waals surface area (Å²) in [5.74, 6) is 0.0488. The topological polar surface area (TPSA) is 0 Å². The normalized spacial score (nSPS) is 18.6. The zero-order valence-electron chi connectivity index (χ0n) is 55.6. The largest absolute Gasteiger partial charge is 0.0842 e. The van der Waals surface area contributed by atoms with E-state index in [2.05, 4.69) is 314 Å². The first-order valence-electron chi connectivity index (χ1n) is 34.7. The van der Waals surface area contributed by atoms with Gasteiger partial charge in [0.05, 0.1) is 0 Å². The Morgan fingerprint density at radius 3 is 1.81 bits per heavy atom. The summed E-state index contributed by atoms with van der Waals surface area (Å²) in [6.07, 6.45) is 28.5. The van der Waals surface area contributed by atoms with Crippen molar-refractivity contribution in [3.05, 3.63) is 374 Å². The molecule has 458 valence electrons. The highest BCUT2D eigenvalue weighted by Crippen LogP contribution is 2.58. The number of allylic oxidation sites excluding steroid dienone is 12. The average Bonchev–Trinajstić information content (AvgIpc) is 1.47. The van der Waals surface area contributed by atoms with E-state index in [0.717, 1.165) is 44.9 Å². The van der Waals surface area contributed by atoms with Crippen LogP contribution in [-0.2, 0) is 29.1 Å². The van der Waals surface area contributed by atoms with Gasteiger partial charge >= 0.3 is 0 Å². The first-order valence-corrected chi connectivity index (χ1v) is 34.7. The predicted octanol–water partition coefficient (Wildman–Crippen LogP) is 24.6. The zero-order valence-corrected chi connectivity index (χ0v) is 55.6. The molecule has 0 aliphatic heterocycles. The molecule has 0 saturated carbocycles. The van der Waals surface area contributed by atoms with Gasteiger partial charge in [-0.2, -0.15) is 0 Å². The molecule has 0 radical (unpaired) electrons. The summed E-state index contributed by atoms with van der Waals surface area (Å²) in [5.41, 5.74) is 37.0. The Labute approximate surface area is 557 Å². The Kier molecular flexibility index (Phi) is 14.9. The van der Waals surface area contributed by atoms with Crippen LogP contribution >= 0.6 is 0 Å². The molecule has 0 amide bonds. The second-order valence-electron chi connectivity index (χ2n) is 28.0. The van der Waals surface area contributed by atoms with Crippen molar-refractivity contribution in [3.63, 3.8) is 0 Å². The van der Waals surface area contributed by atoms with E-state index in [4.69, 9.17) is 0 Å². The molecule has 0 saturated heterocycles. The molecule has 6 aliphatic carbocycles. The summed E-state index contributed by atoms with van der Waals surface area (Å²) in [5, 5.41) is 2.59. The smallest absolute Gasteiger partial charge is 0.0439 e. The van der Waals surface area contributed by atoms with Gasteiger partial charge in [0.1, 0.15) is 0 Å². The van der Waals surface area contributed by atoms with Crippen LogP contribution in [0.2, 0.25) is 0 Å². The first kappa shape index (κ1) is 59.2. The molecule has 11 aromatic carbocycles. The van der Waals surface area contributed by atoms with Crippen LogP contribution in [0.25, 0.3) is 72.0 Å². The van der Waals surface area contributed by atoms with E-state index in [1.165, 1.54) is 167 Å². The van der Waals surface area contributed by atoms with Gasteiger partial charge in [-0.25, -0.2) is 0 Å². The second-order valence-corrected chi connectivity index (χ2v) is 28.0. The average molecular weight is 1210 g/mol. The molecule has 0 nitrogen and oxygen atoms in total. The van der Waals surface area contributed by atoms with Gasteiger partial charge in [-0.1, -0.05) is 308 Å². The fourth-order valence-electron chi connectivity index (χ4n) is 17.5. The van der Waals surface area contributed by atoms with Crippen molar-refractivity contribution in [1.82, 2.24) is 0 Å². The van der Waals surface area contributed by atoms with Gasteiger partial charge in [0.2, 0.25) is 0 Å². The molecule has 0 bridgehead atoms. The Balaban J connectivity index is 0.00000346. The maximum absolute atomic E-state index is 2.56. The molecule has 6 aliphatic rings. The molecule has 17 rings (SSSR count). The van der Waals surface area contributed by atoms with Gasteiger partial charge in [0, 0.05) is 22.2 Å². The number of benzene rings is 11. The summed E-state index contributed by atoms with van der Waals surface area (Å²) in [7, 11) is 0. The molecule has 94 heavy (non-hydrogen) atoms. The van der Waals surface area contributed by atoms with E-state index in [0.29, 0.717) is 0 Å². The van der Waals surface area contributed by atoms with E-state index in [1.54, 1.807) is 0 Å². The van der Waals surface area contributed by atoms with Crippen molar-refractivity contribution in [2.75, 3.05) is 0 Å². The van der Waals surface area contributed by atoms with Crippen molar-refractivity contribution >= 4 is 16.3 Å². The lowest BCUT2D eigenvalue weighted by Crippen LogP contribution is -2.31. The van der Waals surface area contributed by atoms with Gasteiger partial charge in [0.25, 0.3) is 0 Å². The zero-order chi connectivity index (χ0) is 63.9. The SMILES string of the molecule is CC.Cc1cc(C(c2ccc3c(c2)Cc2ccccc2-3)c2ccc3c(c2)C(C)(C)c2ccccc2-3)ccc1-c1ccccc1Cc1ccc(-c2cccc(C3(C)c4ccccc4-c4ccc(C5=CCCC=C5)cc43)c2C2(C)C=CC(C3=CC=CCC3)=CC2)c2ccccc12. The molecule has 3 atom stereocenters. The Morgan fingerprint density at radius 1 is 0.415 bits per heavy atom. The molecule has 0 aromatic heterocycles. The van der Waals surface area contributed by atoms with Crippen LogP contribution in [0, 0.1) is 6.92 Å². The fraction of sp³-hybridized carbons (Fsp3) is 0.191. The number of hydrogen-bond acceptors (Lipinski definition) is 0. The van der Waals surface area contributed by atoms with Crippen LogP contribution in [0.4, 0.5) is 0 Å². The highest BCUT2D eigenvalue weighted by atomic mass is 14.5. The summed E-state index contributed by atoms with van der Waals surface area (Å²) >= 11 is 0. The number of hydrogen-bond donors (Lipinski definition) is 0. The molecule has 0 heterocycles. The van der Waals surface area contributed by atoms with Gasteiger partial charge in [-0.3, -0.25) is 0 Å². The lowest BCUT2D eigenvalue weighted by Gasteiger charge is -2.39. The van der Waals surface area contributed by atoms with Gasteiger partial charge in [0.15, 0.2) is 0 Å². The van der Waals surface area contributed by atoms with Crippen LogP contribution in [0.15, 0.2) is 290 Å². The maximum atomic E-state index is 2.56. The maximum Gasteiger partial charge on any atom is 0.0439 e. The molecule has 3 unspecified atom stereocenters. The standard InChI is InChI=1S/C92H76.C2H6/c1-59-53-67(88(68-42-45-75-70(56-68)55-65-28-13-15-30-73(65)75)69-43-48-80-78-33-18-20-36-83(78)90(2,3)86(80)58-69)41-44-71(59)72-29-14-12-27-64(72)54-66-40-46-77(76-32-17-16-31-74(66)76)82-35-22-38-85(89(82)91(4)51-49-62(50-52-91)60-23-8-6-9-24-60)92(5)84-37-21-19-34-79(84)81-47-39-63(57-87(81)92)61-25-10-7-11-26-61;1-2/h6,8,10,12-23,25-51,53,56-58,88H,7,9,11,24,52,54-55H2,1-5H3;1-2H3. The van der Waals surface area contributed by atoms with E-state index in [-0.39, 0.29) is 16.7 Å². The third-order valence-corrected chi connectivity index (χ3v) is 22.2. The van der Waals surface area contributed by atoms with Gasteiger partial charge < -0.3 is 0 Å². The monoisotopic (exact) mass is 1210 g/mol. The van der Waals surface area contributed by atoms with Gasteiger partial charge in [-0.15, -0.1) is 0 Å². The van der Waals surface area contributed by atoms with E-state index >= 15 is 0 Å². The summed E-state index contributed by atoms with van der Waals surface area (Å²) in [6.45, 7) is 16.2. The Hall–Kier alpha value is -9.88. The van der Waals surface area contributed by atoms with E-state index < -0.39 is 5.41 Å². The second kappa shape index (κ2) is 23.6. The lowest BCUT2D eigenvalue weighted by molar-refractivity contribution is 0.572. The minimum atomic E-state index is -0.429. The van der Waals surface area contributed by atoms with E-state index in [9.17, 15) is 0 Å². The molecule has 0 spiro atoms. The molecular weight excluding hydrogens is 1130 g/mol. The first-order chi connectivity index (χ1) is 46.0. The van der Waals surface area contributed by atoms with Crippen molar-refractivity contribution < 1.29 is 0 Å². The van der Waals surface area contributed by atoms with Crippen molar-refractivity contribution in [2.45, 2.75) is 116 Å². The molecule has 0 heteroatoms. The summed E-state index contributed by atoms with van der Waals surface area (Å²) < 4.78 is 0. The molecule has 0 N–H and O–H groups in total. The van der Waals surface area contributed by atoms with Crippen LogP contribution in [0.5, 0.6) is 0 Å². The molecule has 0 fully saturated rings. The quantitative estimate of drug-likeness (QED) is 0.113. The highest BCUT2D eigenvalue weighted by molar-refractivity contribution is 6.01. The summed E-state index contributed by atoms with van der Waals surface area (Å²) in [6, 6.07) is 87.2. The van der Waals surface area contributed by atoms with Crippen molar-refractivity contribution in [3.8, 4) is 55.6 Å². The Morgan fingerprint density at radius 2 is 1.04 bits per heavy atom. The van der Waals surface area contributed by atoms with Crippen molar-refractivity contribution in [1.29, 1.82) is 0 Å². The minimum Gasteiger partial charge on any atom is -0.0842 e. The third-order valence-electron chi connectivity index (χ3n) is 22.2. The molecule has 11 aromatic rings. The summed E-state index contributed by atoms with van der Waals surface area (Å²) in [4.78, 5) is 0. The number of aryl methyl sites for hydroxylation is 1. The Bertz CT molecular complexity index is 5090. The van der Waals surface area contributed by atoms with Crippen LogP contribution in [0.3, 0.4) is 0 Å². The van der Waals surface area contributed by atoms with Gasteiger partial charge in [-0.05, 0) is 231 Å². The minimum absolute atomic E-state index is 0.0488. The number of fused-ring (bicyclic) bond motifs is 10. The van der Waals surface area contributed by atoms with Crippen LogP contribution in [0.1, 0.15) is 163 Å². The fourth-order valence-corrected chi connectivity index (χ4v) is 17.5. The lowest BCUT2D eigenvalue weighted by atomic mass is 9.63. The van der Waals surface area contributed by atoms with Crippen LogP contribution in [-0.4, -0.2) is 0 Å².